The second kappa shape index (κ2) is 5.35. The lowest BCUT2D eigenvalue weighted by atomic mass is 9.95. The van der Waals surface area contributed by atoms with Crippen molar-refractivity contribution in [3.63, 3.8) is 0 Å². The average molecular weight is 309 g/mol. The van der Waals surface area contributed by atoms with Crippen molar-refractivity contribution < 1.29 is 9.59 Å². The van der Waals surface area contributed by atoms with Crippen molar-refractivity contribution in [3.05, 3.63) is 47.5 Å². The van der Waals surface area contributed by atoms with Crippen LogP contribution in [-0.2, 0) is 0 Å². The van der Waals surface area contributed by atoms with Crippen LogP contribution in [-0.4, -0.2) is 29.9 Å². The molecule has 2 heterocycles. The fourth-order valence-electron chi connectivity index (χ4n) is 3.78. The van der Waals surface area contributed by atoms with Crippen LogP contribution >= 0.6 is 0 Å². The van der Waals surface area contributed by atoms with E-state index in [9.17, 15) is 9.59 Å². The summed E-state index contributed by atoms with van der Waals surface area (Å²) in [5, 5.41) is 8.48. The van der Waals surface area contributed by atoms with Gasteiger partial charge in [-0.2, -0.15) is 0 Å². The lowest BCUT2D eigenvalue weighted by Crippen LogP contribution is -2.42. The van der Waals surface area contributed by atoms with Gasteiger partial charge in [-0.1, -0.05) is 12.1 Å². The third kappa shape index (κ3) is 2.57. The zero-order valence-corrected chi connectivity index (χ0v) is 12.7. The number of fused-ring (bicyclic) bond motifs is 3. The van der Waals surface area contributed by atoms with Gasteiger partial charge in [-0.3, -0.25) is 9.59 Å². The lowest BCUT2D eigenvalue weighted by molar-refractivity contribution is 0.0930. The zero-order valence-electron chi connectivity index (χ0n) is 12.7. The molecule has 4 N–H and O–H groups in total. The van der Waals surface area contributed by atoms with Crippen molar-refractivity contribution in [2.24, 2.45) is 5.73 Å². The first kappa shape index (κ1) is 14.2. The number of carbonyl (C=O) groups excluding carboxylic acids is 2. The van der Waals surface area contributed by atoms with Gasteiger partial charge in [0.2, 0.25) is 5.91 Å². The van der Waals surface area contributed by atoms with E-state index in [2.05, 4.69) is 10.6 Å². The Morgan fingerprint density at radius 3 is 2.43 bits per heavy atom. The van der Waals surface area contributed by atoms with Crippen LogP contribution in [0.2, 0.25) is 0 Å². The Balaban J connectivity index is 1.58. The number of hydrogen-bond acceptors (Lipinski definition) is 3. The number of benzene rings is 2. The number of amides is 2. The maximum Gasteiger partial charge on any atom is 0.251 e. The number of nitrogens with two attached hydrogens (primary N) is 1. The van der Waals surface area contributed by atoms with Gasteiger partial charge in [0.25, 0.3) is 5.91 Å². The van der Waals surface area contributed by atoms with E-state index < -0.39 is 5.91 Å². The maximum absolute atomic E-state index is 12.5. The highest BCUT2D eigenvalue weighted by molar-refractivity contribution is 6.01. The summed E-state index contributed by atoms with van der Waals surface area (Å²) < 4.78 is 0. The van der Waals surface area contributed by atoms with Crippen LogP contribution in [0.5, 0.6) is 0 Å². The highest BCUT2D eigenvalue weighted by atomic mass is 16.2. The van der Waals surface area contributed by atoms with Gasteiger partial charge in [0.05, 0.1) is 0 Å². The van der Waals surface area contributed by atoms with E-state index in [0.717, 1.165) is 23.6 Å². The van der Waals surface area contributed by atoms with E-state index in [1.54, 1.807) is 12.1 Å². The fourth-order valence-corrected chi connectivity index (χ4v) is 3.78. The molecule has 118 valence electrons. The molecule has 23 heavy (non-hydrogen) atoms. The highest BCUT2D eigenvalue weighted by Gasteiger charge is 2.39. The summed E-state index contributed by atoms with van der Waals surface area (Å²) in [6, 6.07) is 12.0. The molecule has 0 spiro atoms. The van der Waals surface area contributed by atoms with Crippen LogP contribution in [0.15, 0.2) is 36.4 Å². The molecule has 4 rings (SSSR count). The highest BCUT2D eigenvalue weighted by Crippen LogP contribution is 2.28. The van der Waals surface area contributed by atoms with Crippen molar-refractivity contribution in [2.45, 2.75) is 37.4 Å². The average Bonchev–Trinajstić information content (AvgIpc) is 3.16. The van der Waals surface area contributed by atoms with E-state index >= 15 is 0 Å². The topological polar surface area (TPSA) is 84.2 Å². The quantitative estimate of drug-likeness (QED) is 0.804. The summed E-state index contributed by atoms with van der Waals surface area (Å²) in [7, 11) is 0. The molecule has 2 bridgehead atoms. The summed E-state index contributed by atoms with van der Waals surface area (Å²) >= 11 is 0. The molecule has 0 saturated carbocycles. The van der Waals surface area contributed by atoms with Gasteiger partial charge in [0.15, 0.2) is 0 Å². The lowest BCUT2D eigenvalue weighted by Gasteiger charge is -2.21. The second-order valence-corrected chi connectivity index (χ2v) is 6.50. The summed E-state index contributed by atoms with van der Waals surface area (Å²) in [4.78, 5) is 23.8. The molecule has 5 heteroatoms. The van der Waals surface area contributed by atoms with E-state index in [1.165, 1.54) is 6.42 Å². The Hall–Kier alpha value is -2.40. The Bertz CT molecular complexity index is 802. The van der Waals surface area contributed by atoms with Crippen molar-refractivity contribution in [1.29, 1.82) is 0 Å². The number of carbonyl (C=O) groups is 2. The Morgan fingerprint density at radius 1 is 1.04 bits per heavy atom. The molecule has 2 saturated heterocycles. The van der Waals surface area contributed by atoms with E-state index in [0.29, 0.717) is 23.2 Å². The third-order valence-electron chi connectivity index (χ3n) is 5.00. The first-order valence-corrected chi connectivity index (χ1v) is 8.01. The standard InChI is InChI=1S/C18H19N3O2/c19-17(22)11-3-1-10-2-4-12(8-13(10)7-11)18(23)21-16-9-14-5-6-15(16)20-14/h1-4,7-8,14-16,20H,5-6,9H2,(H2,19,22)(H,21,23)/t14-,15+,16-/m1/s1. The molecule has 0 radical (unpaired) electrons. The zero-order chi connectivity index (χ0) is 16.0. The molecule has 0 unspecified atom stereocenters. The number of primary amides is 1. The van der Waals surface area contributed by atoms with E-state index in [4.69, 9.17) is 5.73 Å². The summed E-state index contributed by atoms with van der Waals surface area (Å²) in [5.41, 5.74) is 6.39. The maximum atomic E-state index is 12.5. The van der Waals surface area contributed by atoms with Crippen molar-refractivity contribution in [3.8, 4) is 0 Å². The van der Waals surface area contributed by atoms with Crippen molar-refractivity contribution >= 4 is 22.6 Å². The minimum absolute atomic E-state index is 0.0595. The van der Waals surface area contributed by atoms with E-state index in [1.807, 2.05) is 24.3 Å². The molecule has 2 aromatic rings. The molecule has 3 atom stereocenters. The van der Waals surface area contributed by atoms with Gasteiger partial charge < -0.3 is 16.4 Å². The molecule has 2 fully saturated rings. The molecule has 2 aliphatic rings. The number of rotatable bonds is 3. The van der Waals surface area contributed by atoms with Crippen molar-refractivity contribution in [1.82, 2.24) is 10.6 Å². The molecule has 0 aliphatic carbocycles. The van der Waals surface area contributed by atoms with Crippen LogP contribution in [0.4, 0.5) is 0 Å². The molecular weight excluding hydrogens is 290 g/mol. The van der Waals surface area contributed by atoms with Gasteiger partial charge >= 0.3 is 0 Å². The SMILES string of the molecule is NC(=O)c1ccc2ccc(C(=O)N[C@@H]3C[C@H]4CC[C@@H]3N4)cc2c1. The molecule has 2 amide bonds. The van der Waals surface area contributed by atoms with Crippen LogP contribution in [0.1, 0.15) is 40.0 Å². The predicted molar refractivity (Wildman–Crippen MR) is 88.3 cm³/mol. The van der Waals surface area contributed by atoms with Gasteiger partial charge in [-0.15, -0.1) is 0 Å². The van der Waals surface area contributed by atoms with Gasteiger partial charge in [-0.25, -0.2) is 0 Å². The number of nitrogens with one attached hydrogen (secondary N) is 2. The molecule has 2 aromatic carbocycles. The van der Waals surface area contributed by atoms with Crippen LogP contribution in [0.3, 0.4) is 0 Å². The first-order valence-electron chi connectivity index (χ1n) is 8.01. The normalized spacial score (nSPS) is 25.7. The summed E-state index contributed by atoms with van der Waals surface area (Å²) in [6.45, 7) is 0. The van der Waals surface area contributed by atoms with Crippen molar-refractivity contribution in [2.75, 3.05) is 0 Å². The fraction of sp³-hybridized carbons (Fsp3) is 0.333. The second-order valence-electron chi connectivity index (χ2n) is 6.50. The smallest absolute Gasteiger partial charge is 0.251 e. The predicted octanol–water partition coefficient (Wildman–Crippen LogP) is 1.56. The van der Waals surface area contributed by atoms with Gasteiger partial charge in [0, 0.05) is 29.3 Å². The van der Waals surface area contributed by atoms with Crippen LogP contribution in [0, 0.1) is 0 Å². The van der Waals surface area contributed by atoms with Gasteiger partial charge in [-0.05, 0) is 54.3 Å². The third-order valence-corrected chi connectivity index (χ3v) is 5.00. The monoisotopic (exact) mass is 309 g/mol. The molecule has 5 nitrogen and oxygen atoms in total. The minimum Gasteiger partial charge on any atom is -0.366 e. The number of hydrogen-bond donors (Lipinski definition) is 3. The van der Waals surface area contributed by atoms with Crippen LogP contribution in [0.25, 0.3) is 10.8 Å². The molecule has 2 aliphatic heterocycles. The molecular formula is C18H19N3O2. The summed E-state index contributed by atoms with van der Waals surface area (Å²) in [6.07, 6.45) is 3.36. The first-order chi connectivity index (χ1) is 11.1. The van der Waals surface area contributed by atoms with E-state index in [-0.39, 0.29) is 11.9 Å². The van der Waals surface area contributed by atoms with Gasteiger partial charge in [0.1, 0.15) is 0 Å². The summed E-state index contributed by atoms with van der Waals surface area (Å²) in [5.74, 6) is -0.523. The minimum atomic E-state index is -0.463. The Labute approximate surface area is 134 Å². The largest absolute Gasteiger partial charge is 0.366 e. The Kier molecular flexibility index (Phi) is 3.31. The Morgan fingerprint density at radius 2 is 1.78 bits per heavy atom. The van der Waals surface area contributed by atoms with Crippen LogP contribution < -0.4 is 16.4 Å². The molecule has 0 aromatic heterocycles.